The largest absolute Gasteiger partial charge is 0.497 e. The Balaban J connectivity index is 1.70. The van der Waals surface area contributed by atoms with Crippen LogP contribution in [0.15, 0.2) is 75.9 Å². The third-order valence-corrected chi connectivity index (χ3v) is 4.89. The maximum absolute atomic E-state index is 13.7. The summed E-state index contributed by atoms with van der Waals surface area (Å²) in [4.78, 5) is 12.9. The van der Waals surface area contributed by atoms with E-state index >= 15 is 0 Å². The van der Waals surface area contributed by atoms with Crippen LogP contribution >= 0.6 is 11.6 Å². The Morgan fingerprint density at radius 1 is 0.939 bits per heavy atom. The lowest BCUT2D eigenvalue weighted by molar-refractivity contribution is -0.154. The van der Waals surface area contributed by atoms with Gasteiger partial charge in [0.05, 0.1) is 12.5 Å². The normalized spacial score (nSPS) is 11.4. The first kappa shape index (κ1) is 22.5. The van der Waals surface area contributed by atoms with E-state index < -0.39 is 23.1 Å². The molecule has 0 aliphatic carbocycles. The molecule has 0 aliphatic rings. The van der Waals surface area contributed by atoms with Crippen molar-refractivity contribution in [1.29, 1.82) is 0 Å². The molecular weight excluding hydrogens is 461 g/mol. The van der Waals surface area contributed by atoms with Crippen LogP contribution in [0, 0.1) is 0 Å². The average molecular weight is 477 g/mol. The lowest BCUT2D eigenvalue weighted by atomic mass is 10.2. The monoisotopic (exact) mass is 476 g/mol. The van der Waals surface area contributed by atoms with E-state index in [1.807, 2.05) is 0 Å². The van der Waals surface area contributed by atoms with E-state index in [4.69, 9.17) is 30.2 Å². The summed E-state index contributed by atoms with van der Waals surface area (Å²) in [5, 5.41) is 0.446. The lowest BCUT2D eigenvalue weighted by Crippen LogP contribution is -2.15. The molecule has 0 unspecified atom stereocenters. The summed E-state index contributed by atoms with van der Waals surface area (Å²) in [6.07, 6.45) is -4.97. The number of halogens is 4. The SMILES string of the molecule is COc1ccc(Oc2c(C(F)(F)F)oc3cc(OCc4cccc(Cl)c4)ccc3c2=O)cc1. The molecule has 33 heavy (non-hydrogen) atoms. The van der Waals surface area contributed by atoms with Crippen molar-refractivity contribution in [3.05, 3.63) is 93.3 Å². The van der Waals surface area contributed by atoms with E-state index in [1.54, 1.807) is 24.3 Å². The van der Waals surface area contributed by atoms with Gasteiger partial charge in [0, 0.05) is 11.1 Å². The first-order chi connectivity index (χ1) is 15.7. The Morgan fingerprint density at radius 2 is 1.64 bits per heavy atom. The third kappa shape index (κ3) is 5.06. The predicted molar refractivity (Wildman–Crippen MR) is 116 cm³/mol. The smallest absolute Gasteiger partial charge is 0.453 e. The Morgan fingerprint density at radius 3 is 2.30 bits per heavy atom. The second-order valence-corrected chi connectivity index (χ2v) is 7.38. The van der Waals surface area contributed by atoms with Gasteiger partial charge in [-0.05, 0) is 54.1 Å². The molecular formula is C24H16ClF3O5. The van der Waals surface area contributed by atoms with Crippen molar-refractivity contribution in [3.63, 3.8) is 0 Å². The minimum Gasteiger partial charge on any atom is -0.497 e. The number of rotatable bonds is 6. The van der Waals surface area contributed by atoms with E-state index in [0.29, 0.717) is 10.8 Å². The van der Waals surface area contributed by atoms with Gasteiger partial charge in [-0.25, -0.2) is 0 Å². The van der Waals surface area contributed by atoms with Gasteiger partial charge < -0.3 is 18.6 Å². The van der Waals surface area contributed by atoms with Crippen molar-refractivity contribution in [1.82, 2.24) is 0 Å². The molecule has 0 fully saturated rings. The second-order valence-electron chi connectivity index (χ2n) is 6.94. The van der Waals surface area contributed by atoms with Crippen LogP contribution in [0.1, 0.15) is 11.3 Å². The van der Waals surface area contributed by atoms with Crippen molar-refractivity contribution in [2.75, 3.05) is 7.11 Å². The molecule has 0 atom stereocenters. The highest BCUT2D eigenvalue weighted by molar-refractivity contribution is 6.30. The number of ether oxygens (including phenoxy) is 3. The van der Waals surface area contributed by atoms with E-state index in [0.717, 1.165) is 5.56 Å². The summed E-state index contributed by atoms with van der Waals surface area (Å²) in [7, 11) is 1.45. The van der Waals surface area contributed by atoms with Gasteiger partial charge in [0.25, 0.3) is 5.76 Å². The lowest BCUT2D eigenvalue weighted by Gasteiger charge is -2.14. The Hall–Kier alpha value is -3.65. The first-order valence-corrected chi connectivity index (χ1v) is 9.99. The molecule has 1 aromatic heterocycles. The molecule has 3 aromatic carbocycles. The molecule has 0 bridgehead atoms. The number of hydrogen-bond acceptors (Lipinski definition) is 5. The summed E-state index contributed by atoms with van der Waals surface area (Å²) in [6.45, 7) is 0.126. The average Bonchev–Trinajstić information content (AvgIpc) is 2.79. The predicted octanol–water partition coefficient (Wildman–Crippen LogP) is 6.85. The van der Waals surface area contributed by atoms with Gasteiger partial charge in [-0.3, -0.25) is 4.79 Å². The first-order valence-electron chi connectivity index (χ1n) is 9.62. The van der Waals surface area contributed by atoms with Gasteiger partial charge in [-0.2, -0.15) is 13.2 Å². The fourth-order valence-corrected chi connectivity index (χ4v) is 3.29. The molecule has 0 aliphatic heterocycles. The van der Waals surface area contributed by atoms with Crippen molar-refractivity contribution in [2.24, 2.45) is 0 Å². The summed E-state index contributed by atoms with van der Waals surface area (Å²) in [5.41, 5.74) is -0.470. The summed E-state index contributed by atoms with van der Waals surface area (Å²) >= 11 is 5.94. The molecule has 4 rings (SSSR count). The maximum atomic E-state index is 13.7. The molecule has 5 nitrogen and oxygen atoms in total. The zero-order valence-corrected chi connectivity index (χ0v) is 17.9. The molecule has 0 radical (unpaired) electrons. The van der Waals surface area contributed by atoms with Crippen LogP contribution in [0.4, 0.5) is 13.2 Å². The molecule has 170 valence electrons. The highest BCUT2D eigenvalue weighted by Gasteiger charge is 2.40. The highest BCUT2D eigenvalue weighted by Crippen LogP contribution is 2.39. The van der Waals surface area contributed by atoms with Crippen LogP contribution in [-0.2, 0) is 12.8 Å². The van der Waals surface area contributed by atoms with E-state index in [9.17, 15) is 18.0 Å². The molecule has 4 aromatic rings. The van der Waals surface area contributed by atoms with Crippen LogP contribution in [0.2, 0.25) is 5.02 Å². The van der Waals surface area contributed by atoms with Crippen molar-refractivity contribution in [3.8, 4) is 23.0 Å². The minimum atomic E-state index is -4.97. The Kier molecular flexibility index (Phi) is 6.20. The van der Waals surface area contributed by atoms with Gasteiger partial charge in [0.15, 0.2) is 0 Å². The fraction of sp³-hybridized carbons (Fsp3) is 0.125. The van der Waals surface area contributed by atoms with Crippen LogP contribution < -0.4 is 19.6 Å². The zero-order chi connectivity index (χ0) is 23.6. The van der Waals surface area contributed by atoms with Crippen molar-refractivity contribution < 1.29 is 31.8 Å². The van der Waals surface area contributed by atoms with E-state index in [-0.39, 0.29) is 29.1 Å². The van der Waals surface area contributed by atoms with Crippen LogP contribution in [-0.4, -0.2) is 7.11 Å². The Bertz CT molecular complexity index is 1350. The van der Waals surface area contributed by atoms with Crippen LogP contribution in [0.3, 0.4) is 0 Å². The fourth-order valence-electron chi connectivity index (χ4n) is 3.08. The van der Waals surface area contributed by atoms with Crippen molar-refractivity contribution in [2.45, 2.75) is 12.8 Å². The summed E-state index contributed by atoms with van der Waals surface area (Å²) in [6, 6.07) is 16.7. The third-order valence-electron chi connectivity index (χ3n) is 4.65. The molecule has 0 saturated heterocycles. The van der Waals surface area contributed by atoms with Crippen molar-refractivity contribution >= 4 is 22.6 Å². The zero-order valence-electron chi connectivity index (χ0n) is 17.1. The number of methoxy groups -OCH3 is 1. The minimum absolute atomic E-state index is 0.0226. The summed E-state index contributed by atoms with van der Waals surface area (Å²) in [5.74, 6) is -1.76. The molecule has 0 amide bonds. The van der Waals surface area contributed by atoms with Gasteiger partial charge >= 0.3 is 6.18 Å². The topological polar surface area (TPSA) is 57.9 Å². The molecule has 9 heteroatoms. The van der Waals surface area contributed by atoms with E-state index in [1.165, 1.54) is 49.6 Å². The molecule has 0 spiro atoms. The molecule has 1 heterocycles. The quantitative estimate of drug-likeness (QED) is 0.305. The Labute approximate surface area is 190 Å². The summed E-state index contributed by atoms with van der Waals surface area (Å²) < 4.78 is 62.1. The number of alkyl halides is 3. The van der Waals surface area contributed by atoms with Crippen LogP contribution in [0.5, 0.6) is 23.0 Å². The second kappa shape index (κ2) is 9.07. The molecule has 0 saturated carbocycles. The standard InChI is InChI=1S/C24H16ClF3O5/c1-30-16-5-7-17(8-6-16)32-22-21(29)19-10-9-18(12-20(19)33-23(22)24(26,27)28)31-13-14-3-2-4-15(25)11-14/h2-12H,13H2,1H3. The number of fused-ring (bicyclic) bond motifs is 1. The van der Waals surface area contributed by atoms with E-state index in [2.05, 4.69) is 0 Å². The maximum Gasteiger partial charge on any atom is 0.453 e. The van der Waals surface area contributed by atoms with Gasteiger partial charge in [0.2, 0.25) is 11.2 Å². The van der Waals surface area contributed by atoms with Gasteiger partial charge in [0.1, 0.15) is 29.4 Å². The van der Waals surface area contributed by atoms with Gasteiger partial charge in [-0.15, -0.1) is 0 Å². The molecule has 0 N–H and O–H groups in total. The van der Waals surface area contributed by atoms with Gasteiger partial charge in [-0.1, -0.05) is 23.7 Å². The number of hydrogen-bond donors (Lipinski definition) is 0. The highest BCUT2D eigenvalue weighted by atomic mass is 35.5. The van der Waals surface area contributed by atoms with Crippen LogP contribution in [0.25, 0.3) is 11.0 Å². The number of benzene rings is 3.